The van der Waals surface area contributed by atoms with Crippen LogP contribution >= 0.6 is 0 Å². The fourth-order valence-electron chi connectivity index (χ4n) is 2.10. The van der Waals surface area contributed by atoms with E-state index in [0.29, 0.717) is 11.3 Å². The van der Waals surface area contributed by atoms with E-state index >= 15 is 0 Å². The Kier molecular flexibility index (Phi) is 6.43. The van der Waals surface area contributed by atoms with Crippen molar-refractivity contribution in [1.29, 1.82) is 0 Å². The molecule has 1 aromatic carbocycles. The maximum Gasteiger partial charge on any atom is 0.433 e. The number of alkyl halides is 3. The number of anilines is 2. The zero-order chi connectivity index (χ0) is 20.0. The highest BCUT2D eigenvalue weighted by molar-refractivity contribution is 5.94. The fraction of sp³-hybridized carbons (Fsp3) is 0.353. The topological polar surface area (TPSA) is 79.4 Å². The monoisotopic (exact) mass is 383 g/mol. The van der Waals surface area contributed by atoms with E-state index in [1.807, 2.05) is 0 Å². The van der Waals surface area contributed by atoms with Gasteiger partial charge in [0, 0.05) is 38.8 Å². The number of amides is 1. The lowest BCUT2D eigenvalue weighted by atomic mass is 10.2. The lowest BCUT2D eigenvalue weighted by Crippen LogP contribution is -2.29. The van der Waals surface area contributed by atoms with E-state index in [1.54, 1.807) is 38.4 Å². The summed E-state index contributed by atoms with van der Waals surface area (Å²) in [6.45, 7) is 0.330. The fourth-order valence-corrected chi connectivity index (χ4v) is 2.10. The maximum absolute atomic E-state index is 13.0. The summed E-state index contributed by atoms with van der Waals surface area (Å²) in [4.78, 5) is 21.0. The number of halogens is 3. The van der Waals surface area contributed by atoms with E-state index in [1.165, 1.54) is 12.0 Å². The number of aromatic nitrogens is 2. The number of methoxy groups -OCH3 is 1. The zero-order valence-electron chi connectivity index (χ0n) is 15.1. The number of hydrogen-bond acceptors (Lipinski definition) is 6. The number of rotatable bonds is 7. The number of carbonyl (C=O) groups is 1. The van der Waals surface area contributed by atoms with Crippen molar-refractivity contribution >= 4 is 17.7 Å². The first-order valence-corrected chi connectivity index (χ1v) is 8.00. The number of nitrogens with zero attached hydrogens (tertiary/aromatic N) is 3. The first-order chi connectivity index (χ1) is 12.7. The van der Waals surface area contributed by atoms with Crippen LogP contribution in [0.3, 0.4) is 0 Å². The third-order valence-electron chi connectivity index (χ3n) is 3.49. The summed E-state index contributed by atoms with van der Waals surface area (Å²) in [7, 11) is 4.67. The molecule has 0 aliphatic heterocycles. The Morgan fingerprint density at radius 3 is 2.56 bits per heavy atom. The van der Waals surface area contributed by atoms with Crippen LogP contribution in [0.4, 0.5) is 24.9 Å². The van der Waals surface area contributed by atoms with Gasteiger partial charge in [0.05, 0.1) is 7.11 Å². The average Bonchev–Trinajstić information content (AvgIpc) is 2.64. The van der Waals surface area contributed by atoms with Crippen molar-refractivity contribution in [2.24, 2.45) is 0 Å². The third kappa shape index (κ3) is 5.73. The van der Waals surface area contributed by atoms with Gasteiger partial charge in [0.15, 0.2) is 5.69 Å². The van der Waals surface area contributed by atoms with Crippen LogP contribution in [0.15, 0.2) is 30.3 Å². The van der Waals surface area contributed by atoms with Crippen LogP contribution in [-0.4, -0.2) is 50.2 Å². The molecule has 1 amide bonds. The lowest BCUT2D eigenvalue weighted by molar-refractivity contribution is -0.141. The van der Waals surface area contributed by atoms with Gasteiger partial charge in [-0.25, -0.2) is 4.98 Å². The second kappa shape index (κ2) is 8.56. The molecule has 146 valence electrons. The number of hydrogen-bond donors (Lipinski definition) is 2. The van der Waals surface area contributed by atoms with Crippen molar-refractivity contribution in [3.05, 3.63) is 41.6 Å². The molecule has 0 radical (unpaired) electrons. The first-order valence-electron chi connectivity index (χ1n) is 8.00. The predicted octanol–water partition coefficient (Wildman–Crippen LogP) is 2.41. The Labute approximate surface area is 154 Å². The molecule has 0 saturated heterocycles. The van der Waals surface area contributed by atoms with Gasteiger partial charge < -0.3 is 20.3 Å². The summed E-state index contributed by atoms with van der Waals surface area (Å²) in [5.41, 5.74) is -0.622. The highest BCUT2D eigenvalue weighted by atomic mass is 19.4. The van der Waals surface area contributed by atoms with Gasteiger partial charge in [-0.3, -0.25) is 4.79 Å². The molecular weight excluding hydrogens is 363 g/mol. The Morgan fingerprint density at radius 1 is 1.19 bits per heavy atom. The summed E-state index contributed by atoms with van der Waals surface area (Å²) >= 11 is 0. The highest BCUT2D eigenvalue weighted by Gasteiger charge is 2.34. The Morgan fingerprint density at radius 2 is 1.93 bits per heavy atom. The minimum absolute atomic E-state index is 0.125. The Bertz CT molecular complexity index is 796. The van der Waals surface area contributed by atoms with Gasteiger partial charge in [0.25, 0.3) is 5.91 Å². The molecule has 0 fully saturated rings. The van der Waals surface area contributed by atoms with Gasteiger partial charge in [-0.05, 0) is 18.2 Å². The van der Waals surface area contributed by atoms with E-state index in [4.69, 9.17) is 4.74 Å². The molecule has 7 nitrogen and oxygen atoms in total. The molecule has 0 aliphatic carbocycles. The van der Waals surface area contributed by atoms with Crippen LogP contribution < -0.4 is 20.3 Å². The van der Waals surface area contributed by atoms with Gasteiger partial charge in [-0.15, -0.1) is 0 Å². The van der Waals surface area contributed by atoms with Crippen LogP contribution in [0.2, 0.25) is 0 Å². The van der Waals surface area contributed by atoms with E-state index < -0.39 is 11.9 Å². The van der Waals surface area contributed by atoms with Gasteiger partial charge in [-0.2, -0.15) is 18.2 Å². The maximum atomic E-state index is 13.0. The van der Waals surface area contributed by atoms with E-state index in [2.05, 4.69) is 20.6 Å². The summed E-state index contributed by atoms with van der Waals surface area (Å²) < 4.78 is 43.9. The lowest BCUT2D eigenvalue weighted by Gasteiger charge is -2.16. The largest absolute Gasteiger partial charge is 0.497 e. The molecule has 2 aromatic rings. The SMILES string of the molecule is COc1cccc(C(=O)NCCNc2nc(N(C)C)cc(C(F)(F)F)n2)c1. The summed E-state index contributed by atoms with van der Waals surface area (Å²) in [6, 6.07) is 7.49. The van der Waals surface area contributed by atoms with Crippen LogP contribution in [0.25, 0.3) is 0 Å². The summed E-state index contributed by atoms with van der Waals surface area (Å²) in [5.74, 6) is 0.188. The number of carbonyl (C=O) groups excluding carboxylic acids is 1. The van der Waals surface area contributed by atoms with Crippen molar-refractivity contribution in [3.8, 4) is 5.75 Å². The second-order valence-corrected chi connectivity index (χ2v) is 5.74. The Hall–Kier alpha value is -3.04. The molecule has 1 heterocycles. The average molecular weight is 383 g/mol. The van der Waals surface area contributed by atoms with Crippen LogP contribution in [-0.2, 0) is 6.18 Å². The highest BCUT2D eigenvalue weighted by Crippen LogP contribution is 2.30. The minimum atomic E-state index is -4.58. The van der Waals surface area contributed by atoms with Crippen LogP contribution in [0.1, 0.15) is 16.1 Å². The van der Waals surface area contributed by atoms with Crippen molar-refractivity contribution in [2.45, 2.75) is 6.18 Å². The normalized spacial score (nSPS) is 11.0. The number of benzene rings is 1. The van der Waals surface area contributed by atoms with Crippen molar-refractivity contribution in [1.82, 2.24) is 15.3 Å². The smallest absolute Gasteiger partial charge is 0.433 e. The zero-order valence-corrected chi connectivity index (χ0v) is 15.1. The summed E-state index contributed by atoms with van der Waals surface area (Å²) in [6.07, 6.45) is -4.58. The number of ether oxygens (including phenoxy) is 1. The van der Waals surface area contributed by atoms with Crippen LogP contribution in [0.5, 0.6) is 5.75 Å². The second-order valence-electron chi connectivity index (χ2n) is 5.74. The van der Waals surface area contributed by atoms with Crippen molar-refractivity contribution in [3.63, 3.8) is 0 Å². The quantitative estimate of drug-likeness (QED) is 0.715. The van der Waals surface area contributed by atoms with Gasteiger partial charge in [0.2, 0.25) is 5.95 Å². The van der Waals surface area contributed by atoms with Gasteiger partial charge in [0.1, 0.15) is 11.6 Å². The van der Waals surface area contributed by atoms with E-state index in [0.717, 1.165) is 6.07 Å². The molecule has 2 rings (SSSR count). The van der Waals surface area contributed by atoms with Crippen molar-refractivity contribution in [2.75, 3.05) is 44.5 Å². The molecule has 1 aromatic heterocycles. The molecule has 0 bridgehead atoms. The van der Waals surface area contributed by atoms with Crippen LogP contribution in [0, 0.1) is 0 Å². The first kappa shape index (κ1) is 20.3. The molecule has 0 aliphatic rings. The van der Waals surface area contributed by atoms with Gasteiger partial charge >= 0.3 is 6.18 Å². The number of nitrogens with one attached hydrogen (secondary N) is 2. The summed E-state index contributed by atoms with van der Waals surface area (Å²) in [5, 5.41) is 5.35. The van der Waals surface area contributed by atoms with Crippen molar-refractivity contribution < 1.29 is 22.7 Å². The minimum Gasteiger partial charge on any atom is -0.497 e. The molecule has 0 saturated carbocycles. The van der Waals surface area contributed by atoms with E-state index in [9.17, 15) is 18.0 Å². The predicted molar refractivity (Wildman–Crippen MR) is 95.2 cm³/mol. The third-order valence-corrected chi connectivity index (χ3v) is 3.49. The molecule has 27 heavy (non-hydrogen) atoms. The molecule has 0 spiro atoms. The van der Waals surface area contributed by atoms with Gasteiger partial charge in [-0.1, -0.05) is 6.07 Å². The molecule has 2 N–H and O–H groups in total. The molecule has 10 heteroatoms. The molecule has 0 atom stereocenters. The van der Waals surface area contributed by atoms with E-state index in [-0.39, 0.29) is 30.8 Å². The standard InChI is InChI=1S/C17H20F3N5O2/c1-25(2)14-10-13(17(18,19)20)23-16(24-14)22-8-7-21-15(26)11-5-4-6-12(9-11)27-3/h4-6,9-10H,7-8H2,1-3H3,(H,21,26)(H,22,23,24). The molecular formula is C17H20F3N5O2. The Balaban J connectivity index is 1.96. The molecule has 0 unspecified atom stereocenters.